The summed E-state index contributed by atoms with van der Waals surface area (Å²) in [6, 6.07) is 3.04. The van der Waals surface area contributed by atoms with Gasteiger partial charge in [-0.15, -0.1) is 0 Å². The van der Waals surface area contributed by atoms with Gasteiger partial charge in [-0.25, -0.2) is 5.06 Å². The van der Waals surface area contributed by atoms with Crippen LogP contribution in [0, 0.1) is 0 Å². The van der Waals surface area contributed by atoms with Crippen LogP contribution in [0.4, 0.5) is 0 Å². The average molecular weight is 260 g/mol. The number of halogens is 1. The number of nitrogens with zero attached hydrogens (tertiary/aromatic N) is 1. The van der Waals surface area contributed by atoms with Crippen LogP contribution < -0.4 is 9.47 Å². The van der Waals surface area contributed by atoms with E-state index < -0.39 is 0 Å². The van der Waals surface area contributed by atoms with Crippen molar-refractivity contribution in [3.05, 3.63) is 22.7 Å². The van der Waals surface area contributed by atoms with Crippen LogP contribution >= 0.6 is 11.6 Å². The Labute approximate surface area is 105 Å². The fraction of sp³-hybridized carbons (Fsp3) is 0.364. The summed E-state index contributed by atoms with van der Waals surface area (Å²) in [5, 5.41) is 1.42. The van der Waals surface area contributed by atoms with E-state index in [-0.39, 0.29) is 5.91 Å². The van der Waals surface area contributed by atoms with E-state index in [1.807, 2.05) is 0 Å². The van der Waals surface area contributed by atoms with E-state index in [1.54, 1.807) is 6.07 Å². The summed E-state index contributed by atoms with van der Waals surface area (Å²) in [5.41, 5.74) is 0.308. The Kier molecular flexibility index (Phi) is 4.60. The van der Waals surface area contributed by atoms with Gasteiger partial charge in [0, 0.05) is 13.1 Å². The molecule has 17 heavy (non-hydrogen) atoms. The maximum Gasteiger partial charge on any atom is 0.280 e. The van der Waals surface area contributed by atoms with Crippen LogP contribution in [0.3, 0.4) is 0 Å². The van der Waals surface area contributed by atoms with Gasteiger partial charge in [0.1, 0.15) is 11.5 Å². The Morgan fingerprint density at radius 2 is 1.76 bits per heavy atom. The van der Waals surface area contributed by atoms with Gasteiger partial charge in [-0.05, 0) is 6.07 Å². The third-order valence-corrected chi connectivity index (χ3v) is 2.56. The van der Waals surface area contributed by atoms with E-state index >= 15 is 0 Å². The number of carbonyl (C=O) groups is 1. The van der Waals surface area contributed by atoms with Crippen LogP contribution in [0.5, 0.6) is 11.5 Å². The molecule has 0 spiro atoms. The molecule has 6 heteroatoms. The molecular weight excluding hydrogens is 246 g/mol. The molecule has 0 aliphatic rings. The first-order valence-corrected chi connectivity index (χ1v) is 5.16. The second-order valence-corrected chi connectivity index (χ2v) is 3.58. The zero-order chi connectivity index (χ0) is 13.0. The number of hydroxylamine groups is 2. The van der Waals surface area contributed by atoms with E-state index in [4.69, 9.17) is 25.9 Å². The van der Waals surface area contributed by atoms with Crippen LogP contribution in [-0.2, 0) is 4.84 Å². The molecule has 1 rings (SSSR count). The van der Waals surface area contributed by atoms with E-state index in [0.717, 1.165) is 5.06 Å². The molecule has 5 nitrogen and oxygen atoms in total. The number of methoxy groups -OCH3 is 2. The predicted molar refractivity (Wildman–Crippen MR) is 63.7 cm³/mol. The molecule has 94 valence electrons. The molecule has 0 saturated heterocycles. The zero-order valence-corrected chi connectivity index (χ0v) is 10.9. The van der Waals surface area contributed by atoms with Crippen molar-refractivity contribution in [1.82, 2.24) is 5.06 Å². The second-order valence-electron chi connectivity index (χ2n) is 3.17. The first kappa shape index (κ1) is 13.6. The molecule has 0 fully saturated rings. The van der Waals surface area contributed by atoms with Crippen LogP contribution in [0.1, 0.15) is 10.4 Å². The SMILES string of the molecule is COc1cc(OC)c(C(=O)N(C)OC)cc1Cl. The van der Waals surface area contributed by atoms with Gasteiger partial charge in [-0.3, -0.25) is 9.63 Å². The molecule has 0 aliphatic heterocycles. The fourth-order valence-corrected chi connectivity index (χ4v) is 1.52. The lowest BCUT2D eigenvalue weighted by molar-refractivity contribution is -0.0758. The molecule has 1 amide bonds. The molecule has 0 aliphatic carbocycles. The number of ether oxygens (including phenoxy) is 2. The lowest BCUT2D eigenvalue weighted by Crippen LogP contribution is -2.25. The standard InChI is InChI=1S/C11H14ClNO4/c1-13(17-4)11(14)7-5-8(12)10(16-3)6-9(7)15-2/h5-6H,1-4H3. The normalized spacial score (nSPS) is 9.94. The monoisotopic (exact) mass is 259 g/mol. The van der Waals surface area contributed by atoms with E-state index in [0.29, 0.717) is 22.1 Å². The predicted octanol–water partition coefficient (Wildman–Crippen LogP) is 1.99. The molecule has 0 heterocycles. The molecule has 0 bridgehead atoms. The van der Waals surface area contributed by atoms with Crippen molar-refractivity contribution in [3.63, 3.8) is 0 Å². The van der Waals surface area contributed by atoms with E-state index in [1.165, 1.54) is 34.4 Å². The average Bonchev–Trinajstić information content (AvgIpc) is 2.36. The Bertz CT molecular complexity index is 422. The number of hydrogen-bond acceptors (Lipinski definition) is 4. The summed E-state index contributed by atoms with van der Waals surface area (Å²) in [5.74, 6) is 0.467. The highest BCUT2D eigenvalue weighted by Gasteiger charge is 2.19. The van der Waals surface area contributed by atoms with Crippen LogP contribution in [-0.4, -0.2) is 39.3 Å². The van der Waals surface area contributed by atoms with Gasteiger partial charge in [-0.2, -0.15) is 0 Å². The molecule has 0 N–H and O–H groups in total. The maximum atomic E-state index is 11.9. The van der Waals surface area contributed by atoms with Gasteiger partial charge in [0.15, 0.2) is 0 Å². The van der Waals surface area contributed by atoms with Gasteiger partial charge in [0.25, 0.3) is 5.91 Å². The third-order valence-electron chi connectivity index (χ3n) is 2.26. The van der Waals surface area contributed by atoms with Crippen molar-refractivity contribution in [2.75, 3.05) is 28.4 Å². The van der Waals surface area contributed by atoms with E-state index in [9.17, 15) is 4.79 Å². The first-order valence-electron chi connectivity index (χ1n) is 4.78. The zero-order valence-electron chi connectivity index (χ0n) is 10.1. The molecular formula is C11H14ClNO4. The Morgan fingerprint density at radius 1 is 1.18 bits per heavy atom. The molecule has 0 atom stereocenters. The number of rotatable bonds is 4. The lowest BCUT2D eigenvalue weighted by Gasteiger charge is -2.16. The third kappa shape index (κ3) is 2.81. The maximum absolute atomic E-state index is 11.9. The molecule has 1 aromatic rings. The minimum absolute atomic E-state index is 0.308. The van der Waals surface area contributed by atoms with Crippen molar-refractivity contribution in [1.29, 1.82) is 0 Å². The molecule has 0 saturated carbocycles. The molecule has 0 unspecified atom stereocenters. The van der Waals surface area contributed by atoms with Crippen LogP contribution in [0.15, 0.2) is 12.1 Å². The van der Waals surface area contributed by atoms with Crippen LogP contribution in [0.25, 0.3) is 0 Å². The quantitative estimate of drug-likeness (QED) is 0.776. The lowest BCUT2D eigenvalue weighted by atomic mass is 10.1. The van der Waals surface area contributed by atoms with Gasteiger partial charge >= 0.3 is 0 Å². The molecule has 0 radical (unpaired) electrons. The van der Waals surface area contributed by atoms with Gasteiger partial charge in [0.05, 0.1) is 31.9 Å². The topological polar surface area (TPSA) is 48.0 Å². The molecule has 0 aromatic heterocycles. The molecule has 1 aromatic carbocycles. The highest BCUT2D eigenvalue weighted by Crippen LogP contribution is 2.33. The number of benzene rings is 1. The van der Waals surface area contributed by atoms with Gasteiger partial charge in [-0.1, -0.05) is 11.6 Å². The van der Waals surface area contributed by atoms with Crippen LogP contribution in [0.2, 0.25) is 5.02 Å². The van der Waals surface area contributed by atoms with Gasteiger partial charge < -0.3 is 9.47 Å². The summed E-state index contributed by atoms with van der Waals surface area (Å²) >= 11 is 5.96. The Balaban J connectivity index is 3.23. The van der Waals surface area contributed by atoms with Crippen molar-refractivity contribution in [2.24, 2.45) is 0 Å². The summed E-state index contributed by atoms with van der Waals surface area (Å²) in [6.45, 7) is 0. The first-order chi connectivity index (χ1) is 8.04. The highest BCUT2D eigenvalue weighted by atomic mass is 35.5. The summed E-state index contributed by atoms with van der Waals surface area (Å²) < 4.78 is 10.2. The second kappa shape index (κ2) is 5.75. The number of amides is 1. The van der Waals surface area contributed by atoms with E-state index in [2.05, 4.69) is 0 Å². The minimum Gasteiger partial charge on any atom is -0.496 e. The largest absolute Gasteiger partial charge is 0.496 e. The van der Waals surface area contributed by atoms with Crippen molar-refractivity contribution >= 4 is 17.5 Å². The highest BCUT2D eigenvalue weighted by molar-refractivity contribution is 6.32. The van der Waals surface area contributed by atoms with Crippen molar-refractivity contribution in [3.8, 4) is 11.5 Å². The Hall–Kier alpha value is -1.46. The van der Waals surface area contributed by atoms with Crippen molar-refractivity contribution in [2.45, 2.75) is 0 Å². The minimum atomic E-state index is -0.353. The summed E-state index contributed by atoms with van der Waals surface area (Å²) in [7, 11) is 5.85. The smallest absolute Gasteiger partial charge is 0.280 e. The Morgan fingerprint density at radius 3 is 2.24 bits per heavy atom. The van der Waals surface area contributed by atoms with Crippen molar-refractivity contribution < 1.29 is 19.1 Å². The number of hydrogen-bond donors (Lipinski definition) is 0. The van der Waals surface area contributed by atoms with Gasteiger partial charge in [0.2, 0.25) is 0 Å². The number of carbonyl (C=O) groups excluding carboxylic acids is 1. The fourth-order valence-electron chi connectivity index (χ4n) is 1.28. The summed E-state index contributed by atoms with van der Waals surface area (Å²) in [6.07, 6.45) is 0. The summed E-state index contributed by atoms with van der Waals surface area (Å²) in [4.78, 5) is 16.7.